The molecule has 3 aromatic heterocycles. The zero-order chi connectivity index (χ0) is 20.8. The molecule has 2 N–H and O–H groups in total. The number of anilines is 2. The number of carbonyl (C=O) groups is 2. The number of rotatable bonds is 7. The number of amides is 2. The summed E-state index contributed by atoms with van der Waals surface area (Å²) in [5, 5.41) is 9.51. The number of benzene rings is 1. The number of hydrogen-bond donors (Lipinski definition) is 2. The summed E-state index contributed by atoms with van der Waals surface area (Å²) in [6.45, 7) is -0.198. The third kappa shape index (κ3) is 4.71. The van der Waals surface area contributed by atoms with Gasteiger partial charge in [-0.2, -0.15) is 5.10 Å². The van der Waals surface area contributed by atoms with Crippen LogP contribution in [-0.4, -0.2) is 33.2 Å². The molecule has 2 amide bonds. The summed E-state index contributed by atoms with van der Waals surface area (Å²) >= 11 is 0. The van der Waals surface area contributed by atoms with E-state index < -0.39 is 0 Å². The summed E-state index contributed by atoms with van der Waals surface area (Å²) in [4.78, 5) is 28.4. The molecule has 0 spiro atoms. The zero-order valence-electron chi connectivity index (χ0n) is 15.7. The summed E-state index contributed by atoms with van der Waals surface area (Å²) in [5.41, 5.74) is 1.06. The Bertz CT molecular complexity index is 1120. The molecule has 0 aliphatic carbocycles. The Balaban J connectivity index is 1.30. The number of nitrogens with zero attached hydrogens (tertiary/aromatic N) is 3. The molecule has 0 atom stereocenters. The van der Waals surface area contributed by atoms with Gasteiger partial charge in [-0.25, -0.2) is 9.67 Å². The van der Waals surface area contributed by atoms with Gasteiger partial charge in [0, 0.05) is 24.1 Å². The van der Waals surface area contributed by atoms with E-state index in [2.05, 4.69) is 20.7 Å². The molecule has 0 radical (unpaired) electrons. The van der Waals surface area contributed by atoms with Crippen molar-refractivity contribution < 1.29 is 18.7 Å². The van der Waals surface area contributed by atoms with Crippen molar-refractivity contribution in [1.82, 2.24) is 14.8 Å². The van der Waals surface area contributed by atoms with E-state index in [9.17, 15) is 9.59 Å². The molecule has 0 aliphatic heterocycles. The van der Waals surface area contributed by atoms with Gasteiger partial charge in [0.05, 0.1) is 18.1 Å². The van der Waals surface area contributed by atoms with Crippen LogP contribution in [-0.2, 0) is 4.79 Å². The van der Waals surface area contributed by atoms with E-state index in [0.29, 0.717) is 22.9 Å². The Labute approximate surface area is 171 Å². The van der Waals surface area contributed by atoms with Gasteiger partial charge < -0.3 is 19.8 Å². The number of pyridine rings is 1. The normalized spacial score (nSPS) is 10.4. The average Bonchev–Trinajstić information content (AvgIpc) is 3.47. The second kappa shape index (κ2) is 8.74. The Morgan fingerprint density at radius 3 is 2.70 bits per heavy atom. The first-order valence-corrected chi connectivity index (χ1v) is 9.01. The molecule has 0 unspecified atom stereocenters. The minimum atomic E-state index is -0.374. The topological polar surface area (TPSA) is 111 Å². The lowest BCUT2D eigenvalue weighted by Gasteiger charge is -2.09. The van der Waals surface area contributed by atoms with Crippen LogP contribution >= 0.6 is 0 Å². The standard InChI is InChI=1S/C21H17N5O4/c27-20(24-16-7-8-19(22-13-16)26-10-3-9-23-26)14-30-17-5-1-4-15(12-17)25-21(28)18-6-2-11-29-18/h1-13H,14H2,(H,24,27)(H,25,28). The lowest BCUT2D eigenvalue weighted by Crippen LogP contribution is -2.20. The van der Waals surface area contributed by atoms with Gasteiger partial charge in [-0.05, 0) is 42.5 Å². The average molecular weight is 403 g/mol. The molecule has 3 heterocycles. The number of hydrogen-bond acceptors (Lipinski definition) is 6. The summed E-state index contributed by atoms with van der Waals surface area (Å²) in [7, 11) is 0. The van der Waals surface area contributed by atoms with Crippen molar-refractivity contribution in [1.29, 1.82) is 0 Å². The highest BCUT2D eigenvalue weighted by molar-refractivity contribution is 6.02. The fraction of sp³-hybridized carbons (Fsp3) is 0.0476. The van der Waals surface area contributed by atoms with Gasteiger partial charge in [0.25, 0.3) is 11.8 Å². The quantitative estimate of drug-likeness (QED) is 0.490. The van der Waals surface area contributed by atoms with Crippen LogP contribution < -0.4 is 15.4 Å². The molecule has 1 aromatic carbocycles. The molecular formula is C21H17N5O4. The monoisotopic (exact) mass is 403 g/mol. The predicted molar refractivity (Wildman–Crippen MR) is 109 cm³/mol. The fourth-order valence-electron chi connectivity index (χ4n) is 2.61. The van der Waals surface area contributed by atoms with Crippen molar-refractivity contribution in [3.05, 3.63) is 85.2 Å². The van der Waals surface area contributed by atoms with Gasteiger partial charge in [-0.15, -0.1) is 0 Å². The highest BCUT2D eigenvalue weighted by atomic mass is 16.5. The van der Waals surface area contributed by atoms with Crippen LogP contribution in [0.1, 0.15) is 10.6 Å². The highest BCUT2D eigenvalue weighted by Crippen LogP contribution is 2.18. The largest absolute Gasteiger partial charge is 0.484 e. The molecule has 150 valence electrons. The predicted octanol–water partition coefficient (Wildman–Crippen LogP) is 3.13. The molecule has 4 aromatic rings. The van der Waals surface area contributed by atoms with Gasteiger partial charge in [-0.3, -0.25) is 9.59 Å². The Morgan fingerprint density at radius 2 is 1.97 bits per heavy atom. The highest BCUT2D eigenvalue weighted by Gasteiger charge is 2.10. The Morgan fingerprint density at radius 1 is 1.03 bits per heavy atom. The molecule has 0 fully saturated rings. The van der Waals surface area contributed by atoms with Crippen LogP contribution in [0.15, 0.2) is 83.9 Å². The molecule has 0 aliphatic rings. The third-order valence-corrected chi connectivity index (χ3v) is 3.98. The SMILES string of the molecule is O=C(COc1cccc(NC(=O)c2ccco2)c1)Nc1ccc(-n2cccn2)nc1. The lowest BCUT2D eigenvalue weighted by atomic mass is 10.3. The fourth-order valence-corrected chi connectivity index (χ4v) is 2.61. The van der Waals surface area contributed by atoms with Crippen molar-refractivity contribution in [3.63, 3.8) is 0 Å². The molecular weight excluding hydrogens is 386 g/mol. The van der Waals surface area contributed by atoms with Gasteiger partial charge >= 0.3 is 0 Å². The number of carbonyl (C=O) groups excluding carboxylic acids is 2. The molecule has 9 heteroatoms. The molecule has 0 saturated carbocycles. The van der Waals surface area contributed by atoms with E-state index in [1.165, 1.54) is 6.26 Å². The molecule has 30 heavy (non-hydrogen) atoms. The second-order valence-corrected chi connectivity index (χ2v) is 6.15. The van der Waals surface area contributed by atoms with Crippen molar-refractivity contribution in [2.45, 2.75) is 0 Å². The van der Waals surface area contributed by atoms with E-state index >= 15 is 0 Å². The smallest absolute Gasteiger partial charge is 0.291 e. The maximum atomic E-state index is 12.2. The van der Waals surface area contributed by atoms with E-state index in [0.717, 1.165) is 0 Å². The van der Waals surface area contributed by atoms with Gasteiger partial charge in [0.15, 0.2) is 18.2 Å². The number of furan rings is 1. The summed E-state index contributed by atoms with van der Waals surface area (Å²) in [5.74, 6) is 0.569. The van der Waals surface area contributed by atoms with E-state index in [-0.39, 0.29) is 24.2 Å². The van der Waals surface area contributed by atoms with Gasteiger partial charge in [-0.1, -0.05) is 6.07 Å². The molecule has 9 nitrogen and oxygen atoms in total. The van der Waals surface area contributed by atoms with Crippen LogP contribution in [0, 0.1) is 0 Å². The van der Waals surface area contributed by atoms with Crippen LogP contribution in [0.5, 0.6) is 5.75 Å². The maximum Gasteiger partial charge on any atom is 0.291 e. The van der Waals surface area contributed by atoms with E-state index in [4.69, 9.17) is 9.15 Å². The summed E-state index contributed by atoms with van der Waals surface area (Å²) in [6.07, 6.45) is 6.40. The molecule has 4 rings (SSSR count). The third-order valence-electron chi connectivity index (χ3n) is 3.98. The lowest BCUT2D eigenvalue weighted by molar-refractivity contribution is -0.118. The Kier molecular flexibility index (Phi) is 5.52. The van der Waals surface area contributed by atoms with Crippen molar-refractivity contribution in [3.8, 4) is 11.6 Å². The first-order chi connectivity index (χ1) is 14.7. The van der Waals surface area contributed by atoms with Crippen LogP contribution in [0.3, 0.4) is 0 Å². The van der Waals surface area contributed by atoms with Crippen molar-refractivity contribution in [2.24, 2.45) is 0 Å². The number of ether oxygens (including phenoxy) is 1. The number of nitrogens with one attached hydrogen (secondary N) is 2. The summed E-state index contributed by atoms with van der Waals surface area (Å²) in [6, 6.07) is 15.2. The first-order valence-electron chi connectivity index (χ1n) is 9.01. The zero-order valence-corrected chi connectivity index (χ0v) is 15.7. The van der Waals surface area contributed by atoms with Crippen LogP contribution in [0.25, 0.3) is 5.82 Å². The first kappa shape index (κ1) is 18.9. The molecule has 0 saturated heterocycles. The van der Waals surface area contributed by atoms with Gasteiger partial charge in [0.2, 0.25) is 0 Å². The maximum absolute atomic E-state index is 12.2. The second-order valence-electron chi connectivity index (χ2n) is 6.15. The van der Waals surface area contributed by atoms with E-state index in [1.54, 1.807) is 77.9 Å². The van der Waals surface area contributed by atoms with Crippen LogP contribution in [0.2, 0.25) is 0 Å². The van der Waals surface area contributed by atoms with Gasteiger partial charge in [0.1, 0.15) is 5.75 Å². The number of aromatic nitrogens is 3. The minimum absolute atomic E-state index is 0.198. The Hall–Kier alpha value is -4.40. The molecule has 0 bridgehead atoms. The van der Waals surface area contributed by atoms with E-state index in [1.807, 2.05) is 0 Å². The minimum Gasteiger partial charge on any atom is -0.484 e. The van der Waals surface area contributed by atoms with Crippen molar-refractivity contribution >= 4 is 23.2 Å². The van der Waals surface area contributed by atoms with Crippen molar-refractivity contribution in [2.75, 3.05) is 17.2 Å². The summed E-state index contributed by atoms with van der Waals surface area (Å²) < 4.78 is 12.2. The van der Waals surface area contributed by atoms with Crippen LogP contribution in [0.4, 0.5) is 11.4 Å².